The van der Waals surface area contributed by atoms with Crippen molar-refractivity contribution in [2.75, 3.05) is 0 Å². The molecule has 3 heteroatoms. The quantitative estimate of drug-likeness (QED) is 0.665. The molecular weight excluding hydrogens is 140 g/mol. The van der Waals surface area contributed by atoms with Crippen LogP contribution < -0.4 is 0 Å². The molecule has 0 aromatic heterocycles. The predicted octanol–water partition coefficient (Wildman–Crippen LogP) is 1.99. The van der Waals surface area contributed by atoms with E-state index in [-0.39, 0.29) is 6.42 Å². The molecule has 0 spiro atoms. The van der Waals surface area contributed by atoms with Gasteiger partial charge in [0, 0.05) is 5.03 Å². The molecule has 9 heavy (non-hydrogen) atoms. The molecule has 0 amide bonds. The second-order valence-corrected chi connectivity index (χ2v) is 2.11. The molecule has 0 aliphatic rings. The zero-order valence-electron chi connectivity index (χ0n) is 5.22. The van der Waals surface area contributed by atoms with E-state index < -0.39 is 5.97 Å². The van der Waals surface area contributed by atoms with Crippen LogP contribution in [0.1, 0.15) is 19.8 Å². The van der Waals surface area contributed by atoms with Crippen LogP contribution in [0.3, 0.4) is 0 Å². The molecule has 0 aromatic carbocycles. The standard InChI is InChI=1S/C6H9ClO2/c1-2-5(7)3-4-6(8)9/h2H,3-4H2,1H3,(H,8,9)/b5-2+. The van der Waals surface area contributed by atoms with Crippen molar-refractivity contribution >= 4 is 17.6 Å². The summed E-state index contributed by atoms with van der Waals surface area (Å²) in [6.45, 7) is 1.78. The van der Waals surface area contributed by atoms with E-state index in [2.05, 4.69) is 0 Å². The lowest BCUT2D eigenvalue weighted by molar-refractivity contribution is -0.136. The highest BCUT2D eigenvalue weighted by Gasteiger charge is 1.96. The van der Waals surface area contributed by atoms with Crippen LogP contribution in [0.25, 0.3) is 0 Å². The molecule has 0 radical (unpaired) electrons. The van der Waals surface area contributed by atoms with Crippen LogP contribution in [-0.4, -0.2) is 11.1 Å². The van der Waals surface area contributed by atoms with Crippen LogP contribution in [0.4, 0.5) is 0 Å². The van der Waals surface area contributed by atoms with Crippen molar-refractivity contribution in [2.24, 2.45) is 0 Å². The first kappa shape index (κ1) is 8.50. The molecule has 1 N–H and O–H groups in total. The Bertz CT molecular complexity index is 129. The van der Waals surface area contributed by atoms with E-state index in [0.29, 0.717) is 11.5 Å². The molecular formula is C6H9ClO2. The van der Waals surface area contributed by atoms with Gasteiger partial charge in [-0.25, -0.2) is 0 Å². The van der Waals surface area contributed by atoms with Gasteiger partial charge in [-0.1, -0.05) is 17.7 Å². The largest absolute Gasteiger partial charge is 0.481 e. The Morgan fingerprint density at radius 1 is 1.67 bits per heavy atom. The molecule has 0 saturated heterocycles. The molecule has 0 bridgehead atoms. The third-order valence-electron chi connectivity index (χ3n) is 0.891. The first-order chi connectivity index (χ1) is 4.16. The normalized spacial score (nSPS) is 11.6. The third-order valence-corrected chi connectivity index (χ3v) is 1.30. The lowest BCUT2D eigenvalue weighted by Gasteiger charge is -1.91. The molecule has 0 unspecified atom stereocenters. The summed E-state index contributed by atoms with van der Waals surface area (Å²) >= 11 is 5.51. The smallest absolute Gasteiger partial charge is 0.303 e. The molecule has 0 rings (SSSR count). The van der Waals surface area contributed by atoms with E-state index in [1.54, 1.807) is 13.0 Å². The van der Waals surface area contributed by atoms with E-state index in [1.807, 2.05) is 0 Å². The van der Waals surface area contributed by atoms with Crippen molar-refractivity contribution in [1.82, 2.24) is 0 Å². The highest BCUT2D eigenvalue weighted by Crippen LogP contribution is 2.08. The molecule has 0 atom stereocenters. The second-order valence-electron chi connectivity index (χ2n) is 1.63. The number of hydrogen-bond acceptors (Lipinski definition) is 1. The Balaban J connectivity index is 3.39. The highest BCUT2D eigenvalue weighted by atomic mass is 35.5. The van der Waals surface area contributed by atoms with Crippen LogP contribution in [0.5, 0.6) is 0 Å². The number of carboxylic acids is 1. The summed E-state index contributed by atoms with van der Waals surface area (Å²) in [6.07, 6.45) is 2.25. The monoisotopic (exact) mass is 148 g/mol. The maximum absolute atomic E-state index is 9.93. The van der Waals surface area contributed by atoms with Crippen LogP contribution in [0.15, 0.2) is 11.1 Å². The fourth-order valence-corrected chi connectivity index (χ4v) is 0.465. The van der Waals surface area contributed by atoms with Crippen molar-refractivity contribution in [3.8, 4) is 0 Å². The predicted molar refractivity (Wildman–Crippen MR) is 36.5 cm³/mol. The van der Waals surface area contributed by atoms with E-state index in [1.165, 1.54) is 0 Å². The third kappa shape index (κ3) is 5.37. The number of hydrogen-bond donors (Lipinski definition) is 1. The summed E-state index contributed by atoms with van der Waals surface area (Å²) in [5.41, 5.74) is 0. The summed E-state index contributed by atoms with van der Waals surface area (Å²) in [5, 5.41) is 8.78. The van der Waals surface area contributed by atoms with Gasteiger partial charge in [-0.15, -0.1) is 0 Å². The number of allylic oxidation sites excluding steroid dienone is 2. The molecule has 0 fully saturated rings. The molecule has 52 valence electrons. The Labute approximate surface area is 59.1 Å². The minimum atomic E-state index is -0.810. The lowest BCUT2D eigenvalue weighted by Crippen LogP contribution is -1.92. The van der Waals surface area contributed by atoms with Gasteiger partial charge in [-0.2, -0.15) is 0 Å². The summed E-state index contributed by atoms with van der Waals surface area (Å²) < 4.78 is 0. The van der Waals surface area contributed by atoms with Crippen LogP contribution >= 0.6 is 11.6 Å². The molecule has 0 saturated carbocycles. The molecule has 2 nitrogen and oxygen atoms in total. The van der Waals surface area contributed by atoms with Gasteiger partial charge in [0.25, 0.3) is 0 Å². The van der Waals surface area contributed by atoms with Gasteiger partial charge in [0.05, 0.1) is 6.42 Å². The van der Waals surface area contributed by atoms with Crippen LogP contribution in [0, 0.1) is 0 Å². The SMILES string of the molecule is C/C=C(/Cl)CCC(=O)O. The van der Waals surface area contributed by atoms with Crippen molar-refractivity contribution in [3.05, 3.63) is 11.1 Å². The summed E-state index contributed by atoms with van der Waals surface area (Å²) in [6, 6.07) is 0. The maximum atomic E-state index is 9.93. The molecule has 0 aromatic rings. The van der Waals surface area contributed by atoms with Gasteiger partial charge in [-0.3, -0.25) is 4.79 Å². The average molecular weight is 149 g/mol. The van der Waals surface area contributed by atoms with E-state index in [9.17, 15) is 4.79 Å². The lowest BCUT2D eigenvalue weighted by atomic mass is 10.3. The number of rotatable bonds is 3. The Kier molecular flexibility index (Phi) is 4.14. The van der Waals surface area contributed by atoms with Crippen molar-refractivity contribution in [2.45, 2.75) is 19.8 Å². The number of carbonyl (C=O) groups is 1. The number of carboxylic acid groups (broad SMARTS) is 1. The van der Waals surface area contributed by atoms with Crippen LogP contribution in [0.2, 0.25) is 0 Å². The minimum Gasteiger partial charge on any atom is -0.481 e. The summed E-state index contributed by atoms with van der Waals surface area (Å²) in [5.74, 6) is -0.810. The first-order valence-corrected chi connectivity index (χ1v) is 3.07. The van der Waals surface area contributed by atoms with Gasteiger partial charge in [0.2, 0.25) is 0 Å². The van der Waals surface area contributed by atoms with Crippen LogP contribution in [-0.2, 0) is 4.79 Å². The second kappa shape index (κ2) is 4.39. The summed E-state index contributed by atoms with van der Waals surface area (Å²) in [4.78, 5) is 9.93. The Hall–Kier alpha value is -0.500. The van der Waals surface area contributed by atoms with Gasteiger partial charge in [0.1, 0.15) is 0 Å². The highest BCUT2D eigenvalue weighted by molar-refractivity contribution is 6.29. The molecule has 0 heterocycles. The van der Waals surface area contributed by atoms with E-state index in [0.717, 1.165) is 0 Å². The van der Waals surface area contributed by atoms with Crippen molar-refractivity contribution in [3.63, 3.8) is 0 Å². The fraction of sp³-hybridized carbons (Fsp3) is 0.500. The summed E-state index contributed by atoms with van der Waals surface area (Å²) in [7, 11) is 0. The zero-order valence-corrected chi connectivity index (χ0v) is 5.98. The Morgan fingerprint density at radius 2 is 2.22 bits per heavy atom. The number of halogens is 1. The van der Waals surface area contributed by atoms with E-state index >= 15 is 0 Å². The van der Waals surface area contributed by atoms with Gasteiger partial charge < -0.3 is 5.11 Å². The fourth-order valence-electron chi connectivity index (χ4n) is 0.371. The van der Waals surface area contributed by atoms with Gasteiger partial charge in [0.15, 0.2) is 0 Å². The zero-order chi connectivity index (χ0) is 7.28. The molecule has 0 aliphatic heterocycles. The average Bonchev–Trinajstić information content (AvgIpc) is 1.83. The maximum Gasteiger partial charge on any atom is 0.303 e. The van der Waals surface area contributed by atoms with Crippen molar-refractivity contribution < 1.29 is 9.90 Å². The topological polar surface area (TPSA) is 37.3 Å². The molecule has 0 aliphatic carbocycles. The van der Waals surface area contributed by atoms with Gasteiger partial charge >= 0.3 is 5.97 Å². The first-order valence-electron chi connectivity index (χ1n) is 2.69. The van der Waals surface area contributed by atoms with Gasteiger partial charge in [-0.05, 0) is 13.3 Å². The Morgan fingerprint density at radius 3 is 2.56 bits per heavy atom. The minimum absolute atomic E-state index is 0.114. The number of aliphatic carboxylic acids is 1. The van der Waals surface area contributed by atoms with E-state index in [4.69, 9.17) is 16.7 Å². The van der Waals surface area contributed by atoms with Crippen molar-refractivity contribution in [1.29, 1.82) is 0 Å².